The fourth-order valence-electron chi connectivity index (χ4n) is 2.68. The van der Waals surface area contributed by atoms with Crippen molar-refractivity contribution in [1.29, 1.82) is 0 Å². The van der Waals surface area contributed by atoms with Crippen molar-refractivity contribution in [1.82, 2.24) is 5.32 Å². The molecule has 0 aliphatic carbocycles. The molecule has 2 aromatic rings. The van der Waals surface area contributed by atoms with E-state index >= 15 is 0 Å². The van der Waals surface area contributed by atoms with Crippen LogP contribution >= 0.6 is 11.6 Å². The second-order valence-electron chi connectivity index (χ2n) is 8.03. The number of rotatable bonds is 7. The van der Waals surface area contributed by atoms with Crippen molar-refractivity contribution in [3.05, 3.63) is 64.9 Å². The van der Waals surface area contributed by atoms with E-state index in [9.17, 15) is 14.0 Å². The van der Waals surface area contributed by atoms with Crippen LogP contribution in [0.1, 0.15) is 46.3 Å². The maximum absolute atomic E-state index is 13.5. The third-order valence-corrected chi connectivity index (χ3v) is 4.42. The normalized spacial score (nSPS) is 14.2. The molecule has 0 fully saturated rings. The van der Waals surface area contributed by atoms with Crippen molar-refractivity contribution in [2.45, 2.75) is 58.5 Å². The average Bonchev–Trinajstić information content (AvgIpc) is 2.65. The highest BCUT2D eigenvalue weighted by Crippen LogP contribution is 2.32. The number of carbonyl (C=O) groups excluding carboxylic acids is 2. The molecule has 6 nitrogen and oxygen atoms in total. The summed E-state index contributed by atoms with van der Waals surface area (Å²) in [6.07, 6.45) is -2.35. The summed E-state index contributed by atoms with van der Waals surface area (Å²) in [4.78, 5) is 24.5. The Balaban J connectivity index is 2.15. The molecular formula is C23H27ClFNO5. The van der Waals surface area contributed by atoms with Gasteiger partial charge >= 0.3 is 12.1 Å². The van der Waals surface area contributed by atoms with Gasteiger partial charge in [0.05, 0.1) is 5.02 Å². The fraction of sp³-hybridized carbons (Fsp3) is 0.391. The quantitative estimate of drug-likeness (QED) is 0.567. The lowest BCUT2D eigenvalue weighted by atomic mass is 10.0. The molecule has 2 rings (SSSR count). The first-order valence-electron chi connectivity index (χ1n) is 9.83. The van der Waals surface area contributed by atoms with Gasteiger partial charge in [-0.15, -0.1) is 0 Å². The molecule has 31 heavy (non-hydrogen) atoms. The summed E-state index contributed by atoms with van der Waals surface area (Å²) >= 11 is 6.23. The van der Waals surface area contributed by atoms with Gasteiger partial charge < -0.3 is 19.5 Å². The van der Waals surface area contributed by atoms with Crippen LogP contribution in [0, 0.1) is 5.82 Å². The molecule has 0 saturated carbocycles. The topological polar surface area (TPSA) is 73.9 Å². The first-order valence-corrected chi connectivity index (χ1v) is 10.2. The van der Waals surface area contributed by atoms with E-state index in [1.807, 2.05) is 6.07 Å². The number of hydrogen-bond acceptors (Lipinski definition) is 5. The maximum atomic E-state index is 13.5. The van der Waals surface area contributed by atoms with Gasteiger partial charge in [-0.25, -0.2) is 14.0 Å². The Hall–Kier alpha value is -2.80. The van der Waals surface area contributed by atoms with E-state index in [1.54, 1.807) is 52.0 Å². The van der Waals surface area contributed by atoms with Crippen LogP contribution in [0.5, 0.6) is 5.75 Å². The Bertz CT molecular complexity index is 901. The molecule has 0 aromatic heterocycles. The molecule has 0 unspecified atom stereocenters. The summed E-state index contributed by atoms with van der Waals surface area (Å²) in [5.74, 6) is -0.652. The Morgan fingerprint density at radius 2 is 1.71 bits per heavy atom. The number of ether oxygens (including phenoxy) is 3. The highest BCUT2D eigenvalue weighted by Gasteiger charge is 2.30. The molecule has 0 heterocycles. The Morgan fingerprint density at radius 1 is 1.06 bits per heavy atom. The van der Waals surface area contributed by atoms with Crippen LogP contribution in [0.25, 0.3) is 0 Å². The number of para-hydroxylation sites is 1. The predicted molar refractivity (Wildman–Crippen MR) is 116 cm³/mol. The van der Waals surface area contributed by atoms with Gasteiger partial charge in [-0.05, 0) is 58.9 Å². The van der Waals surface area contributed by atoms with E-state index in [0.29, 0.717) is 11.3 Å². The van der Waals surface area contributed by atoms with Gasteiger partial charge in [0.25, 0.3) is 0 Å². The lowest BCUT2D eigenvalue weighted by Crippen LogP contribution is -2.43. The molecule has 8 heteroatoms. The highest BCUT2D eigenvalue weighted by molar-refractivity contribution is 6.31. The van der Waals surface area contributed by atoms with Crippen molar-refractivity contribution in [2.75, 3.05) is 0 Å². The third-order valence-electron chi connectivity index (χ3n) is 4.09. The van der Waals surface area contributed by atoms with Gasteiger partial charge in [0, 0.05) is 5.56 Å². The van der Waals surface area contributed by atoms with Gasteiger partial charge in [0.1, 0.15) is 29.3 Å². The average molecular weight is 452 g/mol. The van der Waals surface area contributed by atoms with E-state index in [0.717, 1.165) is 0 Å². The molecule has 0 saturated heterocycles. The van der Waals surface area contributed by atoms with Crippen molar-refractivity contribution >= 4 is 23.7 Å². The van der Waals surface area contributed by atoms with E-state index < -0.39 is 41.7 Å². The summed E-state index contributed by atoms with van der Waals surface area (Å²) in [5.41, 5.74) is -0.241. The van der Waals surface area contributed by atoms with Crippen molar-refractivity contribution in [2.24, 2.45) is 0 Å². The molecule has 168 valence electrons. The van der Waals surface area contributed by atoms with Crippen LogP contribution in [0.2, 0.25) is 5.02 Å². The van der Waals surface area contributed by atoms with Gasteiger partial charge in [-0.3, -0.25) is 0 Å². The fourth-order valence-corrected chi connectivity index (χ4v) is 2.96. The maximum Gasteiger partial charge on any atom is 0.408 e. The van der Waals surface area contributed by atoms with Crippen LogP contribution in [0.4, 0.5) is 9.18 Å². The molecule has 0 aliphatic heterocycles. The summed E-state index contributed by atoms with van der Waals surface area (Å²) in [6.45, 7) is 8.27. The third kappa shape index (κ3) is 7.75. The van der Waals surface area contributed by atoms with Crippen LogP contribution in [-0.4, -0.2) is 29.8 Å². The number of esters is 1. The zero-order valence-corrected chi connectivity index (χ0v) is 18.9. The molecule has 1 amide bonds. The second-order valence-corrected chi connectivity index (χ2v) is 8.43. The van der Waals surface area contributed by atoms with E-state index in [1.165, 1.54) is 25.1 Å². The summed E-state index contributed by atoms with van der Waals surface area (Å²) in [7, 11) is 0. The van der Waals surface area contributed by atoms with Crippen LogP contribution in [-0.2, 0) is 14.3 Å². The largest absolute Gasteiger partial charge is 0.482 e. The van der Waals surface area contributed by atoms with Crippen molar-refractivity contribution in [3.63, 3.8) is 0 Å². The van der Waals surface area contributed by atoms with Crippen LogP contribution in [0.15, 0.2) is 48.5 Å². The minimum atomic E-state index is -0.960. The van der Waals surface area contributed by atoms with E-state index in [-0.39, 0.29) is 5.02 Å². The van der Waals surface area contributed by atoms with Gasteiger partial charge in [-0.2, -0.15) is 0 Å². The molecule has 0 radical (unpaired) electrons. The highest BCUT2D eigenvalue weighted by atomic mass is 35.5. The molecule has 2 aromatic carbocycles. The molecule has 0 bridgehead atoms. The molecule has 0 spiro atoms. The first-order chi connectivity index (χ1) is 14.5. The molecule has 0 aliphatic rings. The standard InChI is InChI=1S/C23H27ClFNO5/c1-14(26-22(28)31-23(3,4)5)21(27)29-15(2)20(30-17-9-7-6-8-10-17)18-12-11-16(25)13-19(18)24/h6-15,20H,1-5H3,(H,26,28)/t14-,15-,20-/m0/s1. The van der Waals surface area contributed by atoms with E-state index in [2.05, 4.69) is 5.32 Å². The lowest BCUT2D eigenvalue weighted by Gasteiger charge is -2.27. The number of carbonyl (C=O) groups is 2. The summed E-state index contributed by atoms with van der Waals surface area (Å²) in [5, 5.41) is 2.58. The summed E-state index contributed by atoms with van der Waals surface area (Å²) in [6, 6.07) is 11.8. The van der Waals surface area contributed by atoms with Crippen LogP contribution in [0.3, 0.4) is 0 Å². The number of alkyl carbamates (subject to hydrolysis) is 1. The zero-order chi connectivity index (χ0) is 23.2. The Kier molecular flexibility index (Phi) is 8.28. The Labute approximate surface area is 186 Å². The number of nitrogens with one attached hydrogen (secondary N) is 1. The smallest absolute Gasteiger partial charge is 0.408 e. The molecular weight excluding hydrogens is 425 g/mol. The predicted octanol–water partition coefficient (Wildman–Crippen LogP) is 5.44. The number of amides is 1. The second kappa shape index (κ2) is 10.5. The number of halogens is 2. The van der Waals surface area contributed by atoms with Gasteiger partial charge in [0.15, 0.2) is 6.10 Å². The first kappa shape index (κ1) is 24.5. The molecule has 1 N–H and O–H groups in total. The number of benzene rings is 2. The van der Waals surface area contributed by atoms with Crippen molar-refractivity contribution in [3.8, 4) is 5.75 Å². The summed E-state index contributed by atoms with van der Waals surface area (Å²) < 4.78 is 30.2. The lowest BCUT2D eigenvalue weighted by molar-refractivity contribution is -0.155. The van der Waals surface area contributed by atoms with E-state index in [4.69, 9.17) is 25.8 Å². The minimum Gasteiger partial charge on any atom is -0.482 e. The molecule has 3 atom stereocenters. The minimum absolute atomic E-state index is 0.142. The van der Waals surface area contributed by atoms with Crippen molar-refractivity contribution < 1.29 is 28.2 Å². The number of hydrogen-bond donors (Lipinski definition) is 1. The van der Waals surface area contributed by atoms with Crippen LogP contribution < -0.4 is 10.1 Å². The zero-order valence-electron chi connectivity index (χ0n) is 18.1. The Morgan fingerprint density at radius 3 is 2.29 bits per heavy atom. The SMILES string of the molecule is C[C@H](NC(=O)OC(C)(C)C)C(=O)O[C@@H](C)[C@H](Oc1ccccc1)c1ccc(F)cc1Cl. The van der Waals surface area contributed by atoms with Gasteiger partial charge in [-0.1, -0.05) is 35.9 Å². The monoisotopic (exact) mass is 451 g/mol. The van der Waals surface area contributed by atoms with Gasteiger partial charge in [0.2, 0.25) is 0 Å².